The number of anilines is 1. The second kappa shape index (κ2) is 8.63. The van der Waals surface area contributed by atoms with Gasteiger partial charge >= 0.3 is 0 Å². The van der Waals surface area contributed by atoms with Crippen LogP contribution in [0.2, 0.25) is 0 Å². The number of hydrogen-bond acceptors (Lipinski definition) is 6. The summed E-state index contributed by atoms with van der Waals surface area (Å²) in [6.45, 7) is 2.72. The fraction of sp³-hybridized carbons (Fsp3) is 0.208. The third-order valence-electron chi connectivity index (χ3n) is 4.99. The molecule has 1 aromatic heterocycles. The van der Waals surface area contributed by atoms with Crippen LogP contribution in [0.4, 0.5) is 5.69 Å². The third kappa shape index (κ3) is 3.91. The van der Waals surface area contributed by atoms with Crippen LogP contribution in [-0.2, 0) is 6.54 Å². The summed E-state index contributed by atoms with van der Waals surface area (Å²) in [6, 6.07) is 18.5. The smallest absolute Gasteiger partial charge is 0.203 e. The van der Waals surface area contributed by atoms with Gasteiger partial charge in [0.1, 0.15) is 5.01 Å². The maximum absolute atomic E-state index is 5.46. The lowest BCUT2D eigenvalue weighted by molar-refractivity contribution is 0.324. The Morgan fingerprint density at radius 1 is 0.900 bits per heavy atom. The van der Waals surface area contributed by atoms with Crippen LogP contribution in [0.1, 0.15) is 11.1 Å². The normalized spacial score (nSPS) is 10.8. The van der Waals surface area contributed by atoms with Gasteiger partial charge in [0.2, 0.25) is 5.75 Å². The predicted octanol–water partition coefficient (Wildman–Crippen LogP) is 5.91. The third-order valence-corrected chi connectivity index (χ3v) is 6.07. The highest BCUT2D eigenvalue weighted by Gasteiger charge is 2.14. The van der Waals surface area contributed by atoms with Gasteiger partial charge in [0, 0.05) is 17.8 Å². The van der Waals surface area contributed by atoms with E-state index in [1.54, 1.807) is 32.7 Å². The molecule has 0 spiro atoms. The molecule has 0 bridgehead atoms. The van der Waals surface area contributed by atoms with Crippen molar-refractivity contribution in [3.8, 4) is 27.8 Å². The van der Waals surface area contributed by atoms with Crippen molar-refractivity contribution in [1.82, 2.24) is 4.98 Å². The van der Waals surface area contributed by atoms with E-state index in [-0.39, 0.29) is 0 Å². The number of nitrogens with one attached hydrogen (secondary N) is 1. The Labute approximate surface area is 180 Å². The van der Waals surface area contributed by atoms with Gasteiger partial charge in [-0.3, -0.25) is 0 Å². The minimum absolute atomic E-state index is 0.595. The summed E-state index contributed by atoms with van der Waals surface area (Å²) in [4.78, 5) is 4.78. The second-order valence-corrected chi connectivity index (χ2v) is 7.93. The molecule has 3 aromatic carbocycles. The molecule has 1 heterocycles. The minimum atomic E-state index is 0.595. The van der Waals surface area contributed by atoms with E-state index >= 15 is 0 Å². The summed E-state index contributed by atoms with van der Waals surface area (Å²) >= 11 is 1.71. The molecule has 0 amide bonds. The van der Waals surface area contributed by atoms with E-state index in [0.29, 0.717) is 23.8 Å². The Bertz CT molecular complexity index is 1130. The molecule has 5 nitrogen and oxygen atoms in total. The number of methoxy groups -OCH3 is 3. The molecule has 0 fully saturated rings. The Balaban J connectivity index is 1.60. The molecule has 0 aliphatic heterocycles. The fourth-order valence-corrected chi connectivity index (χ4v) is 4.34. The molecule has 30 heavy (non-hydrogen) atoms. The highest BCUT2D eigenvalue weighted by atomic mass is 32.1. The monoisotopic (exact) mass is 420 g/mol. The molecule has 0 saturated heterocycles. The van der Waals surface area contributed by atoms with Crippen molar-refractivity contribution in [3.63, 3.8) is 0 Å². The van der Waals surface area contributed by atoms with Crippen molar-refractivity contribution in [1.29, 1.82) is 0 Å². The van der Waals surface area contributed by atoms with Gasteiger partial charge in [0.15, 0.2) is 11.5 Å². The largest absolute Gasteiger partial charge is 0.493 e. The van der Waals surface area contributed by atoms with Crippen LogP contribution < -0.4 is 19.5 Å². The number of aryl methyl sites for hydroxylation is 1. The molecular formula is C24H24N2O3S. The number of hydrogen-bond donors (Lipinski definition) is 1. The van der Waals surface area contributed by atoms with E-state index in [1.165, 1.54) is 10.3 Å². The maximum Gasteiger partial charge on any atom is 0.203 e. The number of fused-ring (bicyclic) bond motifs is 1. The van der Waals surface area contributed by atoms with Gasteiger partial charge in [-0.05, 0) is 48.4 Å². The molecule has 0 atom stereocenters. The van der Waals surface area contributed by atoms with Crippen LogP contribution in [0.3, 0.4) is 0 Å². The molecule has 0 saturated carbocycles. The molecule has 154 valence electrons. The number of aromatic nitrogens is 1. The summed E-state index contributed by atoms with van der Waals surface area (Å²) < 4.78 is 17.5. The Kier molecular flexibility index (Phi) is 5.77. The van der Waals surface area contributed by atoms with E-state index in [9.17, 15) is 0 Å². The lowest BCUT2D eigenvalue weighted by Gasteiger charge is -2.15. The van der Waals surface area contributed by atoms with Gasteiger partial charge in [-0.2, -0.15) is 0 Å². The summed E-state index contributed by atoms with van der Waals surface area (Å²) in [5.41, 5.74) is 5.42. The first-order chi connectivity index (χ1) is 14.6. The predicted molar refractivity (Wildman–Crippen MR) is 123 cm³/mol. The summed E-state index contributed by atoms with van der Waals surface area (Å²) in [7, 11) is 4.86. The summed E-state index contributed by atoms with van der Waals surface area (Å²) in [5, 5.41) is 4.56. The first kappa shape index (κ1) is 20.0. The van der Waals surface area contributed by atoms with Crippen molar-refractivity contribution in [2.45, 2.75) is 13.5 Å². The lowest BCUT2D eigenvalue weighted by atomic mass is 10.1. The zero-order valence-electron chi connectivity index (χ0n) is 17.5. The van der Waals surface area contributed by atoms with Crippen LogP contribution in [0, 0.1) is 6.92 Å². The van der Waals surface area contributed by atoms with Gasteiger partial charge < -0.3 is 19.5 Å². The molecule has 4 aromatic rings. The lowest BCUT2D eigenvalue weighted by Crippen LogP contribution is -2.03. The van der Waals surface area contributed by atoms with Crippen LogP contribution in [0.5, 0.6) is 17.2 Å². The minimum Gasteiger partial charge on any atom is -0.493 e. The number of ether oxygens (including phenoxy) is 3. The molecule has 0 radical (unpaired) electrons. The molecule has 0 aliphatic carbocycles. The highest BCUT2D eigenvalue weighted by molar-refractivity contribution is 7.21. The number of para-hydroxylation sites is 1. The van der Waals surface area contributed by atoms with Gasteiger partial charge in [0.05, 0.1) is 31.5 Å². The van der Waals surface area contributed by atoms with E-state index < -0.39 is 0 Å². The molecule has 0 aliphatic rings. The van der Waals surface area contributed by atoms with E-state index in [0.717, 1.165) is 27.3 Å². The molecule has 4 rings (SSSR count). The van der Waals surface area contributed by atoms with Crippen LogP contribution >= 0.6 is 11.3 Å². The fourth-order valence-electron chi connectivity index (χ4n) is 3.38. The number of benzene rings is 3. The number of thiazole rings is 1. The van der Waals surface area contributed by atoms with Crippen LogP contribution in [0.25, 0.3) is 20.8 Å². The molecule has 0 unspecified atom stereocenters. The van der Waals surface area contributed by atoms with Crippen LogP contribution in [0.15, 0.2) is 54.6 Å². The van der Waals surface area contributed by atoms with Gasteiger partial charge in [-0.1, -0.05) is 24.3 Å². The first-order valence-electron chi connectivity index (χ1n) is 9.62. The number of nitrogens with zero attached hydrogens (tertiary/aromatic N) is 1. The Morgan fingerprint density at radius 3 is 2.30 bits per heavy atom. The maximum atomic E-state index is 5.46. The van der Waals surface area contributed by atoms with Crippen molar-refractivity contribution in [2.75, 3.05) is 26.6 Å². The number of rotatable bonds is 7. The van der Waals surface area contributed by atoms with Crippen molar-refractivity contribution < 1.29 is 14.2 Å². The zero-order valence-corrected chi connectivity index (χ0v) is 18.3. The molecule has 1 N–H and O–H groups in total. The van der Waals surface area contributed by atoms with Crippen molar-refractivity contribution >= 4 is 27.2 Å². The Hall–Kier alpha value is -3.25. The quantitative estimate of drug-likeness (QED) is 0.403. The van der Waals surface area contributed by atoms with E-state index in [1.807, 2.05) is 30.3 Å². The van der Waals surface area contributed by atoms with Gasteiger partial charge in [-0.15, -0.1) is 11.3 Å². The average Bonchev–Trinajstić information content (AvgIpc) is 3.22. The standard InChI is InChI=1S/C24H24N2O3S/c1-15-9-10-17(24-26-18-7-5-6-8-22(18)30-24)13-19(15)25-14-16-11-20(27-2)23(29-4)21(12-16)28-3/h5-13,25H,14H2,1-4H3. The summed E-state index contributed by atoms with van der Waals surface area (Å²) in [5.74, 6) is 1.89. The van der Waals surface area contributed by atoms with E-state index in [2.05, 4.69) is 36.5 Å². The van der Waals surface area contributed by atoms with Gasteiger partial charge in [0.25, 0.3) is 0 Å². The average molecular weight is 421 g/mol. The second-order valence-electron chi connectivity index (χ2n) is 6.90. The SMILES string of the molecule is COc1cc(CNc2cc(-c3nc4ccccc4s3)ccc2C)cc(OC)c1OC. The Morgan fingerprint density at radius 2 is 1.63 bits per heavy atom. The van der Waals surface area contributed by atoms with Crippen molar-refractivity contribution in [3.05, 3.63) is 65.7 Å². The molecule has 6 heteroatoms. The van der Waals surface area contributed by atoms with Crippen LogP contribution in [-0.4, -0.2) is 26.3 Å². The van der Waals surface area contributed by atoms with Gasteiger partial charge in [-0.25, -0.2) is 4.98 Å². The van der Waals surface area contributed by atoms with E-state index in [4.69, 9.17) is 19.2 Å². The highest BCUT2D eigenvalue weighted by Crippen LogP contribution is 2.38. The summed E-state index contributed by atoms with van der Waals surface area (Å²) in [6.07, 6.45) is 0. The molecular weight excluding hydrogens is 396 g/mol. The van der Waals surface area contributed by atoms with Crippen molar-refractivity contribution in [2.24, 2.45) is 0 Å². The topological polar surface area (TPSA) is 52.6 Å². The zero-order chi connectivity index (χ0) is 21.1. The first-order valence-corrected chi connectivity index (χ1v) is 10.4.